The fourth-order valence-corrected chi connectivity index (χ4v) is 0.539. The predicted octanol–water partition coefficient (Wildman–Crippen LogP) is 1.61. The third-order valence-corrected chi connectivity index (χ3v) is 1.06. The molecule has 0 fully saturated rings. The lowest BCUT2D eigenvalue weighted by Crippen LogP contribution is -2.25. The van der Waals surface area contributed by atoms with E-state index in [0.29, 0.717) is 13.2 Å². The standard InChI is InChI=1S/C7H13NO2/c1-4-8(5-2)7(9)10-6-3/h4H,1,5-6H2,2-3H3. The van der Waals surface area contributed by atoms with Gasteiger partial charge in [0.05, 0.1) is 6.61 Å². The maximum absolute atomic E-state index is 10.8. The van der Waals surface area contributed by atoms with Crippen LogP contribution >= 0.6 is 0 Å². The molecule has 0 rings (SSSR count). The lowest BCUT2D eigenvalue weighted by Gasteiger charge is -2.13. The second kappa shape index (κ2) is 4.85. The normalized spacial score (nSPS) is 8.60. The van der Waals surface area contributed by atoms with Crippen molar-refractivity contribution in [1.29, 1.82) is 0 Å². The Labute approximate surface area is 61.3 Å². The van der Waals surface area contributed by atoms with Crippen molar-refractivity contribution >= 4 is 6.09 Å². The Kier molecular flexibility index (Phi) is 4.37. The Morgan fingerprint density at radius 2 is 2.30 bits per heavy atom. The first kappa shape index (κ1) is 9.01. The van der Waals surface area contributed by atoms with Gasteiger partial charge in [0.25, 0.3) is 0 Å². The Balaban J connectivity index is 3.76. The number of carbonyl (C=O) groups is 1. The Hall–Kier alpha value is -0.990. The van der Waals surface area contributed by atoms with Crippen LogP contribution in [0.25, 0.3) is 0 Å². The van der Waals surface area contributed by atoms with Gasteiger partial charge in [-0.3, -0.25) is 4.90 Å². The van der Waals surface area contributed by atoms with Gasteiger partial charge < -0.3 is 4.74 Å². The summed E-state index contributed by atoms with van der Waals surface area (Å²) < 4.78 is 4.70. The molecule has 0 heterocycles. The molecule has 0 aromatic carbocycles. The van der Waals surface area contributed by atoms with Gasteiger partial charge in [-0.2, -0.15) is 0 Å². The number of hydrogen-bond donors (Lipinski definition) is 0. The van der Waals surface area contributed by atoms with E-state index >= 15 is 0 Å². The van der Waals surface area contributed by atoms with Crippen LogP contribution in [0.5, 0.6) is 0 Å². The number of nitrogens with zero attached hydrogens (tertiary/aromatic N) is 1. The third-order valence-electron chi connectivity index (χ3n) is 1.06. The molecule has 3 heteroatoms. The highest BCUT2D eigenvalue weighted by Crippen LogP contribution is 1.92. The quantitative estimate of drug-likeness (QED) is 0.600. The van der Waals surface area contributed by atoms with Crippen LogP contribution in [-0.2, 0) is 4.74 Å². The van der Waals surface area contributed by atoms with E-state index in [1.807, 2.05) is 6.92 Å². The summed E-state index contributed by atoms with van der Waals surface area (Å²) in [4.78, 5) is 12.2. The van der Waals surface area contributed by atoms with Crippen LogP contribution in [0.4, 0.5) is 4.79 Å². The van der Waals surface area contributed by atoms with Gasteiger partial charge in [-0.15, -0.1) is 0 Å². The van der Waals surface area contributed by atoms with Gasteiger partial charge in [0.2, 0.25) is 0 Å². The first-order chi connectivity index (χ1) is 4.76. The number of hydrogen-bond acceptors (Lipinski definition) is 2. The van der Waals surface area contributed by atoms with E-state index < -0.39 is 0 Å². The summed E-state index contributed by atoms with van der Waals surface area (Å²) in [6, 6.07) is 0. The molecule has 0 unspecified atom stereocenters. The molecule has 0 radical (unpaired) electrons. The van der Waals surface area contributed by atoms with Crippen LogP contribution in [0.15, 0.2) is 12.8 Å². The van der Waals surface area contributed by atoms with Crippen molar-refractivity contribution < 1.29 is 9.53 Å². The van der Waals surface area contributed by atoms with Crippen LogP contribution in [0.3, 0.4) is 0 Å². The summed E-state index contributed by atoms with van der Waals surface area (Å²) in [6.45, 7) is 8.10. The van der Waals surface area contributed by atoms with Gasteiger partial charge in [0.1, 0.15) is 0 Å². The zero-order chi connectivity index (χ0) is 7.98. The highest BCUT2D eigenvalue weighted by Gasteiger charge is 2.06. The molecule has 3 nitrogen and oxygen atoms in total. The molecule has 0 spiro atoms. The molecule has 10 heavy (non-hydrogen) atoms. The highest BCUT2D eigenvalue weighted by molar-refractivity contribution is 5.68. The molecule has 0 aromatic heterocycles. The Bertz CT molecular complexity index is 123. The predicted molar refractivity (Wildman–Crippen MR) is 39.6 cm³/mol. The summed E-state index contributed by atoms with van der Waals surface area (Å²) in [5, 5.41) is 0. The number of ether oxygens (including phenoxy) is 1. The maximum Gasteiger partial charge on any atom is 0.413 e. The van der Waals surface area contributed by atoms with E-state index in [-0.39, 0.29) is 6.09 Å². The maximum atomic E-state index is 10.8. The minimum atomic E-state index is -0.333. The van der Waals surface area contributed by atoms with Gasteiger partial charge >= 0.3 is 6.09 Å². The van der Waals surface area contributed by atoms with E-state index in [0.717, 1.165) is 0 Å². The van der Waals surface area contributed by atoms with Gasteiger partial charge in [-0.25, -0.2) is 4.79 Å². The van der Waals surface area contributed by atoms with Crippen molar-refractivity contribution in [2.75, 3.05) is 13.2 Å². The average Bonchev–Trinajstić information content (AvgIpc) is 1.91. The van der Waals surface area contributed by atoms with Crippen LogP contribution < -0.4 is 0 Å². The van der Waals surface area contributed by atoms with Crippen molar-refractivity contribution in [1.82, 2.24) is 4.90 Å². The first-order valence-corrected chi connectivity index (χ1v) is 3.32. The molecule has 0 bridgehead atoms. The second-order valence-corrected chi connectivity index (χ2v) is 1.67. The highest BCUT2D eigenvalue weighted by atomic mass is 16.5. The van der Waals surface area contributed by atoms with Crippen molar-refractivity contribution in [3.05, 3.63) is 12.8 Å². The summed E-state index contributed by atoms with van der Waals surface area (Å²) >= 11 is 0. The summed E-state index contributed by atoms with van der Waals surface area (Å²) in [5.41, 5.74) is 0. The van der Waals surface area contributed by atoms with Crippen LogP contribution in [0.1, 0.15) is 13.8 Å². The van der Waals surface area contributed by atoms with Crippen molar-refractivity contribution in [2.45, 2.75) is 13.8 Å². The molecule has 0 saturated carbocycles. The second-order valence-electron chi connectivity index (χ2n) is 1.67. The smallest absolute Gasteiger partial charge is 0.413 e. The van der Waals surface area contributed by atoms with Crippen LogP contribution in [0, 0.1) is 0 Å². The number of rotatable bonds is 3. The fraction of sp³-hybridized carbons (Fsp3) is 0.571. The molecule has 0 aliphatic carbocycles. The van der Waals surface area contributed by atoms with Crippen molar-refractivity contribution in [2.24, 2.45) is 0 Å². The number of amides is 1. The fourth-order valence-electron chi connectivity index (χ4n) is 0.539. The molecule has 0 aliphatic heterocycles. The van der Waals surface area contributed by atoms with E-state index in [9.17, 15) is 4.79 Å². The monoisotopic (exact) mass is 143 g/mol. The van der Waals surface area contributed by atoms with Crippen molar-refractivity contribution in [3.63, 3.8) is 0 Å². The molecule has 1 amide bonds. The minimum Gasteiger partial charge on any atom is -0.449 e. The van der Waals surface area contributed by atoms with Crippen molar-refractivity contribution in [3.8, 4) is 0 Å². The summed E-state index contributed by atoms with van der Waals surface area (Å²) in [7, 11) is 0. The lowest BCUT2D eigenvalue weighted by atomic mass is 10.6. The topological polar surface area (TPSA) is 29.5 Å². The molecule has 0 aromatic rings. The molecule has 0 atom stereocenters. The zero-order valence-electron chi connectivity index (χ0n) is 6.46. The average molecular weight is 143 g/mol. The Morgan fingerprint density at radius 1 is 1.70 bits per heavy atom. The van der Waals surface area contributed by atoms with Gasteiger partial charge in [-0.05, 0) is 13.8 Å². The minimum absolute atomic E-state index is 0.333. The molecular weight excluding hydrogens is 130 g/mol. The number of carbonyl (C=O) groups excluding carboxylic acids is 1. The van der Waals surface area contributed by atoms with Gasteiger partial charge in [-0.1, -0.05) is 6.58 Å². The summed E-state index contributed by atoms with van der Waals surface area (Å²) in [5.74, 6) is 0. The van der Waals surface area contributed by atoms with E-state index in [4.69, 9.17) is 4.74 Å². The molecule has 0 aliphatic rings. The van der Waals surface area contributed by atoms with E-state index in [2.05, 4.69) is 6.58 Å². The van der Waals surface area contributed by atoms with Gasteiger partial charge in [0.15, 0.2) is 0 Å². The lowest BCUT2D eigenvalue weighted by molar-refractivity contribution is 0.124. The molecule has 58 valence electrons. The zero-order valence-corrected chi connectivity index (χ0v) is 6.46. The first-order valence-electron chi connectivity index (χ1n) is 3.32. The molecule has 0 N–H and O–H groups in total. The van der Waals surface area contributed by atoms with E-state index in [1.54, 1.807) is 6.92 Å². The summed E-state index contributed by atoms with van der Waals surface area (Å²) in [6.07, 6.45) is 1.12. The molecule has 0 saturated heterocycles. The third kappa shape index (κ3) is 2.53. The largest absolute Gasteiger partial charge is 0.449 e. The van der Waals surface area contributed by atoms with Gasteiger partial charge in [0, 0.05) is 12.7 Å². The van der Waals surface area contributed by atoms with E-state index in [1.165, 1.54) is 11.1 Å². The SMILES string of the molecule is C=CN(CC)C(=O)OCC. The van der Waals surface area contributed by atoms with Crippen LogP contribution in [0.2, 0.25) is 0 Å². The van der Waals surface area contributed by atoms with Crippen LogP contribution in [-0.4, -0.2) is 24.1 Å². The Morgan fingerprint density at radius 3 is 2.60 bits per heavy atom. The molecular formula is C7H13NO2.